The highest BCUT2D eigenvalue weighted by Crippen LogP contribution is 2.09. The molecule has 71 valence electrons. The fourth-order valence-electron chi connectivity index (χ4n) is 1.13. The van der Waals surface area contributed by atoms with Gasteiger partial charge in [-0.2, -0.15) is 4.90 Å². The molecule has 0 spiro atoms. The first-order valence-electron chi connectivity index (χ1n) is 4.98. The van der Waals surface area contributed by atoms with Gasteiger partial charge in [-0.1, -0.05) is 31.9 Å². The van der Waals surface area contributed by atoms with Gasteiger partial charge in [0.25, 0.3) is 0 Å². The lowest BCUT2D eigenvalue weighted by atomic mass is 10.1. The average Bonchev–Trinajstić information content (AvgIpc) is 2.01. The molecular formula is C11H23N+. The first kappa shape index (κ1) is 11.7. The fourth-order valence-corrected chi connectivity index (χ4v) is 1.13. The Bertz CT molecular complexity index is 116. The lowest BCUT2D eigenvalue weighted by Crippen LogP contribution is -2.19. The minimum atomic E-state index is 1.14. The summed E-state index contributed by atoms with van der Waals surface area (Å²) in [5.41, 5.74) is 1.41. The molecule has 12 heavy (non-hydrogen) atoms. The molecule has 0 amide bonds. The molecule has 0 aliphatic carbocycles. The van der Waals surface area contributed by atoms with E-state index < -0.39 is 0 Å². The number of rotatable bonds is 7. The van der Waals surface area contributed by atoms with Crippen molar-refractivity contribution >= 4 is 0 Å². The van der Waals surface area contributed by atoms with Crippen molar-refractivity contribution in [1.82, 2.24) is 4.90 Å². The Morgan fingerprint density at radius 1 is 1.17 bits per heavy atom. The van der Waals surface area contributed by atoms with Crippen LogP contribution < -0.4 is 4.90 Å². The van der Waals surface area contributed by atoms with Crippen molar-refractivity contribution in [2.24, 2.45) is 0 Å². The second-order valence-electron chi connectivity index (χ2n) is 3.76. The molecule has 0 bridgehead atoms. The van der Waals surface area contributed by atoms with Crippen LogP contribution in [0.3, 0.4) is 0 Å². The van der Waals surface area contributed by atoms with Gasteiger partial charge in [0, 0.05) is 6.42 Å². The standard InChI is InChI=1S/C11H23N/c1-5-6-7-8-11(2)9-10-12(3)4/h2,5-10H2,1,3-4H3/q+1. The van der Waals surface area contributed by atoms with Gasteiger partial charge in [0.05, 0.1) is 0 Å². The van der Waals surface area contributed by atoms with Crippen LogP contribution in [0.4, 0.5) is 0 Å². The number of hydrogen-bond acceptors (Lipinski definition) is 1. The van der Waals surface area contributed by atoms with Crippen LogP contribution in [0, 0.1) is 0 Å². The van der Waals surface area contributed by atoms with Crippen LogP contribution in [0.15, 0.2) is 12.2 Å². The predicted octanol–water partition coefficient (Wildman–Crippen LogP) is 2.91. The highest BCUT2D eigenvalue weighted by molar-refractivity contribution is 4.94. The van der Waals surface area contributed by atoms with E-state index in [4.69, 9.17) is 0 Å². The first-order valence-corrected chi connectivity index (χ1v) is 4.98. The molecule has 1 heteroatoms. The lowest BCUT2D eigenvalue weighted by Gasteiger charge is -2.04. The van der Waals surface area contributed by atoms with Crippen LogP contribution in [0.25, 0.3) is 0 Å². The van der Waals surface area contributed by atoms with E-state index >= 15 is 0 Å². The summed E-state index contributed by atoms with van der Waals surface area (Å²) in [7, 11) is 4.22. The van der Waals surface area contributed by atoms with E-state index in [1.165, 1.54) is 31.3 Å². The topological polar surface area (TPSA) is 5.90 Å². The molecule has 0 rings (SSSR count). The summed E-state index contributed by atoms with van der Waals surface area (Å²) in [6.07, 6.45) is 6.36. The maximum absolute atomic E-state index is 4.07. The highest BCUT2D eigenvalue weighted by Gasteiger charge is 2.00. The Hall–Kier alpha value is -0.300. The first-order chi connectivity index (χ1) is 5.66. The van der Waals surface area contributed by atoms with Gasteiger partial charge >= 0.3 is 0 Å². The van der Waals surface area contributed by atoms with E-state index in [1.54, 1.807) is 0 Å². The molecule has 0 aromatic rings. The van der Waals surface area contributed by atoms with Crippen molar-refractivity contribution in [3.05, 3.63) is 12.2 Å². The Balaban J connectivity index is 3.22. The third kappa shape index (κ3) is 7.80. The average molecular weight is 169 g/mol. The summed E-state index contributed by atoms with van der Waals surface area (Å²) in [6, 6.07) is 0. The van der Waals surface area contributed by atoms with Crippen molar-refractivity contribution in [1.29, 1.82) is 0 Å². The van der Waals surface area contributed by atoms with Gasteiger partial charge in [0.15, 0.2) is 0 Å². The summed E-state index contributed by atoms with van der Waals surface area (Å²) in [5, 5.41) is 0. The Kier molecular flexibility index (Phi) is 7.17. The molecule has 0 aromatic carbocycles. The minimum absolute atomic E-state index is 1.14. The van der Waals surface area contributed by atoms with Gasteiger partial charge in [0.2, 0.25) is 0 Å². The molecule has 0 aromatic heterocycles. The summed E-state index contributed by atoms with van der Waals surface area (Å²) < 4.78 is 0. The molecule has 1 radical (unpaired) electrons. The van der Waals surface area contributed by atoms with Gasteiger partial charge in [-0.15, -0.1) is 0 Å². The van der Waals surface area contributed by atoms with Crippen LogP contribution in [0.2, 0.25) is 0 Å². The zero-order chi connectivity index (χ0) is 9.40. The van der Waals surface area contributed by atoms with E-state index in [0.717, 1.165) is 13.0 Å². The second kappa shape index (κ2) is 7.35. The van der Waals surface area contributed by atoms with E-state index in [1.807, 2.05) is 0 Å². The smallest absolute Gasteiger partial charge is 0.125 e. The Morgan fingerprint density at radius 3 is 2.33 bits per heavy atom. The highest BCUT2D eigenvalue weighted by atomic mass is 15.0. The third-order valence-electron chi connectivity index (χ3n) is 2.05. The molecule has 0 saturated carbocycles. The molecule has 0 atom stereocenters. The van der Waals surface area contributed by atoms with Gasteiger partial charge in [-0.05, 0) is 12.8 Å². The van der Waals surface area contributed by atoms with Crippen molar-refractivity contribution in [2.45, 2.75) is 39.0 Å². The zero-order valence-electron chi connectivity index (χ0n) is 8.90. The Labute approximate surface area is 77.5 Å². The van der Waals surface area contributed by atoms with E-state index in [2.05, 4.69) is 32.5 Å². The Morgan fingerprint density at radius 2 is 1.83 bits per heavy atom. The molecular weight excluding hydrogens is 146 g/mol. The number of unbranched alkanes of at least 4 members (excludes halogenated alkanes) is 2. The van der Waals surface area contributed by atoms with Crippen molar-refractivity contribution in [2.75, 3.05) is 20.6 Å². The van der Waals surface area contributed by atoms with Crippen LogP contribution in [0.5, 0.6) is 0 Å². The molecule has 0 heterocycles. The van der Waals surface area contributed by atoms with Gasteiger partial charge in [-0.3, -0.25) is 0 Å². The minimum Gasteiger partial charge on any atom is -0.175 e. The molecule has 0 aliphatic heterocycles. The summed E-state index contributed by atoms with van der Waals surface area (Å²) in [6.45, 7) is 7.45. The van der Waals surface area contributed by atoms with Crippen LogP contribution >= 0.6 is 0 Å². The van der Waals surface area contributed by atoms with Gasteiger partial charge in [0.1, 0.15) is 20.6 Å². The quantitative estimate of drug-likeness (QED) is 0.314. The molecule has 1 nitrogen and oxygen atoms in total. The normalized spacial score (nSPS) is 10.7. The lowest BCUT2D eigenvalue weighted by molar-refractivity contribution is 0.555. The molecule has 0 unspecified atom stereocenters. The van der Waals surface area contributed by atoms with E-state index in [-0.39, 0.29) is 0 Å². The van der Waals surface area contributed by atoms with E-state index in [9.17, 15) is 0 Å². The van der Waals surface area contributed by atoms with Crippen LogP contribution in [-0.4, -0.2) is 20.6 Å². The summed E-state index contributed by atoms with van der Waals surface area (Å²) in [4.78, 5) is 2.21. The van der Waals surface area contributed by atoms with Crippen molar-refractivity contribution in [3.8, 4) is 0 Å². The predicted molar refractivity (Wildman–Crippen MR) is 56.7 cm³/mol. The number of nitrogens with zero attached hydrogens (tertiary/aromatic N) is 1. The van der Waals surface area contributed by atoms with Gasteiger partial charge < -0.3 is 0 Å². The zero-order valence-corrected chi connectivity index (χ0v) is 8.90. The molecule has 0 N–H and O–H groups in total. The maximum Gasteiger partial charge on any atom is 0.125 e. The number of hydrogen-bond donors (Lipinski definition) is 0. The van der Waals surface area contributed by atoms with Gasteiger partial charge in [-0.25, -0.2) is 0 Å². The second-order valence-corrected chi connectivity index (χ2v) is 3.76. The maximum atomic E-state index is 4.07. The fraction of sp³-hybridized carbons (Fsp3) is 0.818. The van der Waals surface area contributed by atoms with Crippen LogP contribution in [0.1, 0.15) is 39.0 Å². The van der Waals surface area contributed by atoms with Crippen LogP contribution in [-0.2, 0) is 0 Å². The van der Waals surface area contributed by atoms with E-state index in [0.29, 0.717) is 0 Å². The SMILES string of the molecule is C=C(CCCCC)CC[N+](C)C. The molecule has 0 aliphatic rings. The summed E-state index contributed by atoms with van der Waals surface area (Å²) >= 11 is 0. The molecule has 0 fully saturated rings. The van der Waals surface area contributed by atoms with Crippen molar-refractivity contribution < 1.29 is 0 Å². The largest absolute Gasteiger partial charge is 0.175 e. The third-order valence-corrected chi connectivity index (χ3v) is 2.05. The monoisotopic (exact) mass is 169 g/mol. The summed E-state index contributed by atoms with van der Waals surface area (Å²) in [5.74, 6) is 0. The molecule has 0 saturated heterocycles. The van der Waals surface area contributed by atoms with Crippen molar-refractivity contribution in [3.63, 3.8) is 0 Å².